The zero-order valence-electron chi connectivity index (χ0n) is 14.6. The van der Waals surface area contributed by atoms with Crippen molar-refractivity contribution < 1.29 is 13.6 Å². The molecule has 6 nitrogen and oxygen atoms in total. The number of amides is 1. The number of thioether (sulfide) groups is 1. The van der Waals surface area contributed by atoms with Crippen molar-refractivity contribution in [2.24, 2.45) is 0 Å². The van der Waals surface area contributed by atoms with Gasteiger partial charge in [0.05, 0.1) is 49.7 Å². The van der Waals surface area contributed by atoms with Crippen LogP contribution in [0, 0.1) is 11.3 Å². The Bertz CT molecular complexity index is 849. The summed E-state index contributed by atoms with van der Waals surface area (Å²) < 4.78 is 10.8. The summed E-state index contributed by atoms with van der Waals surface area (Å²) in [5.74, 6) is 1.74. The third-order valence-electron chi connectivity index (χ3n) is 3.74. The molecule has 0 spiro atoms. The maximum absolute atomic E-state index is 12.6. The first-order valence-corrected chi connectivity index (χ1v) is 9.39. The highest BCUT2D eigenvalue weighted by molar-refractivity contribution is 7.99. The summed E-state index contributed by atoms with van der Waals surface area (Å²) in [5.41, 5.74) is 0.707. The molecule has 0 aliphatic heterocycles. The minimum absolute atomic E-state index is 0.141. The van der Waals surface area contributed by atoms with E-state index in [-0.39, 0.29) is 12.5 Å². The van der Waals surface area contributed by atoms with Crippen LogP contribution in [0.5, 0.6) is 0 Å². The Morgan fingerprint density at radius 3 is 2.30 bits per heavy atom. The summed E-state index contributed by atoms with van der Waals surface area (Å²) in [4.78, 5) is 15.4. The van der Waals surface area contributed by atoms with Gasteiger partial charge in [-0.1, -0.05) is 12.1 Å². The standard InChI is InChI=1S/C20H19N3O3S/c21-9-12-27-19-8-2-1-7-18(19)22-20(24)15-23(13-16-5-3-10-25-16)14-17-6-4-11-26-17/h1-8,10-11H,12-15H2,(H,22,24). The monoisotopic (exact) mass is 381 g/mol. The van der Waals surface area contributed by atoms with E-state index in [9.17, 15) is 4.79 Å². The molecule has 138 valence electrons. The van der Waals surface area contributed by atoms with Crippen LogP contribution in [-0.2, 0) is 17.9 Å². The molecule has 0 bridgehead atoms. The summed E-state index contributed by atoms with van der Waals surface area (Å²) in [6.07, 6.45) is 3.23. The fourth-order valence-corrected chi connectivity index (χ4v) is 3.28. The molecular weight excluding hydrogens is 362 g/mol. The lowest BCUT2D eigenvalue weighted by molar-refractivity contribution is -0.117. The quantitative estimate of drug-likeness (QED) is 0.561. The summed E-state index contributed by atoms with van der Waals surface area (Å²) in [7, 11) is 0. The third kappa shape index (κ3) is 5.78. The number of nitrogens with one attached hydrogen (secondary N) is 1. The molecule has 0 aliphatic carbocycles. The highest BCUT2D eigenvalue weighted by atomic mass is 32.2. The predicted octanol–water partition coefficient (Wildman–Crippen LogP) is 4.13. The number of hydrogen-bond acceptors (Lipinski definition) is 6. The van der Waals surface area contributed by atoms with Crippen LogP contribution in [0.15, 0.2) is 74.8 Å². The molecule has 0 atom stereocenters. The Morgan fingerprint density at radius 1 is 1.04 bits per heavy atom. The first-order chi connectivity index (χ1) is 13.2. The molecule has 2 heterocycles. The van der Waals surface area contributed by atoms with Gasteiger partial charge in [0.25, 0.3) is 0 Å². The molecule has 0 radical (unpaired) electrons. The van der Waals surface area contributed by atoms with Crippen LogP contribution in [0.2, 0.25) is 0 Å². The van der Waals surface area contributed by atoms with Gasteiger partial charge >= 0.3 is 0 Å². The lowest BCUT2D eigenvalue weighted by Gasteiger charge is -2.20. The number of furan rings is 2. The number of benzene rings is 1. The van der Waals surface area contributed by atoms with Crippen molar-refractivity contribution in [1.29, 1.82) is 5.26 Å². The Labute approximate surface area is 161 Å². The maximum Gasteiger partial charge on any atom is 0.238 e. The van der Waals surface area contributed by atoms with E-state index in [0.717, 1.165) is 16.4 Å². The lowest BCUT2D eigenvalue weighted by Crippen LogP contribution is -2.32. The van der Waals surface area contributed by atoms with Gasteiger partial charge in [0.15, 0.2) is 0 Å². The first-order valence-electron chi connectivity index (χ1n) is 8.40. The SMILES string of the molecule is N#CCSc1ccccc1NC(=O)CN(Cc1ccco1)Cc1ccco1. The van der Waals surface area contributed by atoms with E-state index in [0.29, 0.717) is 24.5 Å². The largest absolute Gasteiger partial charge is 0.468 e. The number of nitrogens with zero attached hydrogens (tertiary/aromatic N) is 2. The topological polar surface area (TPSA) is 82.4 Å². The fourth-order valence-electron chi connectivity index (χ4n) is 2.61. The van der Waals surface area contributed by atoms with Gasteiger partial charge in [0, 0.05) is 4.90 Å². The number of hydrogen-bond donors (Lipinski definition) is 1. The smallest absolute Gasteiger partial charge is 0.238 e. The van der Waals surface area contributed by atoms with Gasteiger partial charge in [-0.25, -0.2) is 0 Å². The van der Waals surface area contributed by atoms with Gasteiger partial charge in [0.2, 0.25) is 5.91 Å². The number of rotatable bonds is 9. The van der Waals surface area contributed by atoms with Gasteiger partial charge < -0.3 is 14.2 Å². The van der Waals surface area contributed by atoms with E-state index in [1.807, 2.05) is 53.4 Å². The first kappa shape index (κ1) is 18.8. The molecule has 0 fully saturated rings. The second-order valence-electron chi connectivity index (χ2n) is 5.80. The van der Waals surface area contributed by atoms with Crippen molar-refractivity contribution in [1.82, 2.24) is 4.90 Å². The molecule has 1 N–H and O–H groups in total. The van der Waals surface area contributed by atoms with Gasteiger partial charge in [-0.15, -0.1) is 11.8 Å². The van der Waals surface area contributed by atoms with Crippen LogP contribution < -0.4 is 5.32 Å². The molecule has 1 aromatic carbocycles. The Hall–Kier alpha value is -2.95. The highest BCUT2D eigenvalue weighted by Crippen LogP contribution is 2.26. The van der Waals surface area contributed by atoms with E-state index < -0.39 is 0 Å². The van der Waals surface area contributed by atoms with Gasteiger partial charge in [-0.2, -0.15) is 5.26 Å². The second-order valence-corrected chi connectivity index (χ2v) is 6.81. The van der Waals surface area contributed by atoms with Crippen molar-refractivity contribution in [3.63, 3.8) is 0 Å². The molecule has 0 saturated heterocycles. The highest BCUT2D eigenvalue weighted by Gasteiger charge is 2.16. The zero-order chi connectivity index (χ0) is 18.9. The fraction of sp³-hybridized carbons (Fsp3) is 0.200. The van der Waals surface area contributed by atoms with Crippen LogP contribution >= 0.6 is 11.8 Å². The molecule has 3 rings (SSSR count). The molecule has 1 amide bonds. The van der Waals surface area contributed by atoms with Crippen LogP contribution in [0.3, 0.4) is 0 Å². The number of para-hydroxylation sites is 1. The van der Waals surface area contributed by atoms with E-state index in [1.54, 1.807) is 12.5 Å². The summed E-state index contributed by atoms with van der Waals surface area (Å²) in [5, 5.41) is 11.7. The lowest BCUT2D eigenvalue weighted by atomic mass is 10.3. The normalized spacial score (nSPS) is 10.7. The molecule has 2 aromatic heterocycles. The molecule has 3 aromatic rings. The van der Waals surface area contributed by atoms with E-state index in [4.69, 9.17) is 14.1 Å². The van der Waals surface area contributed by atoms with Crippen LogP contribution in [0.1, 0.15) is 11.5 Å². The average Bonchev–Trinajstić information content (AvgIpc) is 3.35. The molecular formula is C20H19N3O3S. The molecule has 7 heteroatoms. The Morgan fingerprint density at radius 2 is 1.70 bits per heavy atom. The summed E-state index contributed by atoms with van der Waals surface area (Å²) in [6.45, 7) is 1.16. The van der Waals surface area contributed by atoms with Gasteiger partial charge in [-0.05, 0) is 36.4 Å². The Balaban J connectivity index is 1.66. The minimum atomic E-state index is -0.141. The number of carbonyl (C=O) groups is 1. The minimum Gasteiger partial charge on any atom is -0.468 e. The second kappa shape index (κ2) is 9.67. The Kier molecular flexibility index (Phi) is 6.74. The molecule has 27 heavy (non-hydrogen) atoms. The van der Waals surface area contributed by atoms with E-state index >= 15 is 0 Å². The average molecular weight is 381 g/mol. The van der Waals surface area contributed by atoms with Crippen molar-refractivity contribution >= 4 is 23.4 Å². The number of anilines is 1. The molecule has 0 aliphatic rings. The van der Waals surface area contributed by atoms with Crippen molar-refractivity contribution in [3.8, 4) is 6.07 Å². The molecule has 0 saturated carbocycles. The van der Waals surface area contributed by atoms with Crippen LogP contribution in [-0.4, -0.2) is 23.1 Å². The molecule has 0 unspecified atom stereocenters. The number of carbonyl (C=O) groups excluding carboxylic acids is 1. The van der Waals surface area contributed by atoms with Crippen molar-refractivity contribution in [2.75, 3.05) is 17.6 Å². The summed E-state index contributed by atoms with van der Waals surface area (Å²) >= 11 is 1.40. The van der Waals surface area contributed by atoms with Crippen molar-refractivity contribution in [2.45, 2.75) is 18.0 Å². The summed E-state index contributed by atoms with van der Waals surface area (Å²) in [6, 6.07) is 17.0. The third-order valence-corrected chi connectivity index (χ3v) is 4.68. The van der Waals surface area contributed by atoms with Gasteiger partial charge in [-0.3, -0.25) is 9.69 Å². The predicted molar refractivity (Wildman–Crippen MR) is 103 cm³/mol. The van der Waals surface area contributed by atoms with Crippen LogP contribution in [0.4, 0.5) is 5.69 Å². The maximum atomic E-state index is 12.6. The number of nitriles is 1. The zero-order valence-corrected chi connectivity index (χ0v) is 15.4. The van der Waals surface area contributed by atoms with Crippen molar-refractivity contribution in [3.05, 3.63) is 72.6 Å². The van der Waals surface area contributed by atoms with E-state index in [1.165, 1.54) is 11.8 Å². The van der Waals surface area contributed by atoms with Gasteiger partial charge in [0.1, 0.15) is 11.5 Å². The van der Waals surface area contributed by atoms with E-state index in [2.05, 4.69) is 11.4 Å². The van der Waals surface area contributed by atoms with Crippen LogP contribution in [0.25, 0.3) is 0 Å².